The van der Waals surface area contributed by atoms with E-state index >= 15 is 0 Å². The maximum Gasteiger partial charge on any atom is 0.255 e. The topological polar surface area (TPSA) is 136 Å². The van der Waals surface area contributed by atoms with Gasteiger partial charge in [0, 0.05) is 69.4 Å². The van der Waals surface area contributed by atoms with E-state index in [1.165, 1.54) is 22.6 Å². The van der Waals surface area contributed by atoms with Crippen LogP contribution in [-0.4, -0.2) is 84.9 Å². The molecule has 0 bridgehead atoms. The summed E-state index contributed by atoms with van der Waals surface area (Å²) in [5.41, 5.74) is 6.00. The molecule has 6 rings (SSSR count). The standard InChI is InChI=1S/C37H40N6O6/c1-40(48-2)35(45)15-11-27-20-29(12-10-28(27)21-38)42-18-16-41(17-19-42)22-25-6-8-26(9-7-25)24-49-33-5-3-4-30-31(33)23-43(37(30)47)32-13-14-34(44)39-36(32)46/h3-10,12,20,32H,11,13-19,22-24H2,1-2H3,(H,39,44,46). The normalized spacial score (nSPS) is 17.8. The molecule has 1 N–H and O–H groups in total. The highest BCUT2D eigenvalue weighted by molar-refractivity contribution is 6.05. The lowest BCUT2D eigenvalue weighted by molar-refractivity contribution is -0.168. The van der Waals surface area contributed by atoms with Crippen molar-refractivity contribution in [3.05, 3.63) is 94.0 Å². The number of hydrogen-bond donors (Lipinski definition) is 1. The quantitative estimate of drug-likeness (QED) is 0.242. The molecule has 49 heavy (non-hydrogen) atoms. The highest BCUT2D eigenvalue weighted by Crippen LogP contribution is 2.34. The van der Waals surface area contributed by atoms with Crippen LogP contribution in [0.25, 0.3) is 0 Å². The lowest BCUT2D eigenvalue weighted by Crippen LogP contribution is -2.52. The van der Waals surface area contributed by atoms with Crippen molar-refractivity contribution >= 4 is 29.3 Å². The van der Waals surface area contributed by atoms with Crippen LogP contribution in [0.5, 0.6) is 5.75 Å². The molecule has 12 heteroatoms. The van der Waals surface area contributed by atoms with Gasteiger partial charge in [0.1, 0.15) is 18.4 Å². The third-order valence-electron chi connectivity index (χ3n) is 9.54. The van der Waals surface area contributed by atoms with Gasteiger partial charge in [-0.25, -0.2) is 5.06 Å². The number of fused-ring (bicyclic) bond motifs is 1. The highest BCUT2D eigenvalue weighted by atomic mass is 16.7. The summed E-state index contributed by atoms with van der Waals surface area (Å²) >= 11 is 0. The molecule has 3 aliphatic rings. The van der Waals surface area contributed by atoms with Gasteiger partial charge >= 0.3 is 0 Å². The molecule has 2 fully saturated rings. The lowest BCUT2D eigenvalue weighted by atomic mass is 10.0. The van der Waals surface area contributed by atoms with Gasteiger partial charge in [-0.1, -0.05) is 30.3 Å². The average Bonchev–Trinajstić information content (AvgIpc) is 3.46. The minimum Gasteiger partial charge on any atom is -0.489 e. The van der Waals surface area contributed by atoms with Crippen molar-refractivity contribution in [2.45, 2.75) is 51.4 Å². The van der Waals surface area contributed by atoms with Crippen molar-refractivity contribution in [1.82, 2.24) is 20.2 Å². The fraction of sp³-hybridized carbons (Fsp3) is 0.378. The number of hydroxylamine groups is 2. The average molecular weight is 665 g/mol. The molecule has 2 saturated heterocycles. The highest BCUT2D eigenvalue weighted by Gasteiger charge is 2.40. The second kappa shape index (κ2) is 14.9. The first kappa shape index (κ1) is 33.6. The minimum absolute atomic E-state index is 0.136. The number of nitriles is 1. The Morgan fingerprint density at radius 1 is 1.02 bits per heavy atom. The number of nitrogens with zero attached hydrogens (tertiary/aromatic N) is 5. The van der Waals surface area contributed by atoms with E-state index in [2.05, 4.69) is 45.5 Å². The third kappa shape index (κ3) is 7.58. The maximum absolute atomic E-state index is 13.1. The van der Waals surface area contributed by atoms with E-state index in [4.69, 9.17) is 9.57 Å². The lowest BCUT2D eigenvalue weighted by Gasteiger charge is -2.36. The van der Waals surface area contributed by atoms with Crippen LogP contribution in [0.3, 0.4) is 0 Å². The van der Waals surface area contributed by atoms with Gasteiger partial charge in [0.05, 0.1) is 25.3 Å². The number of piperazine rings is 1. The zero-order valence-electron chi connectivity index (χ0n) is 27.8. The second-order valence-electron chi connectivity index (χ2n) is 12.6. The van der Waals surface area contributed by atoms with Crippen LogP contribution >= 0.6 is 0 Å². The molecular formula is C37H40N6O6. The van der Waals surface area contributed by atoms with Gasteiger partial charge in [-0.05, 0) is 59.9 Å². The number of amides is 4. The molecule has 0 spiro atoms. The van der Waals surface area contributed by atoms with E-state index in [9.17, 15) is 24.4 Å². The predicted molar refractivity (Wildman–Crippen MR) is 180 cm³/mol. The molecule has 1 unspecified atom stereocenters. The number of nitrogens with one attached hydrogen (secondary N) is 1. The van der Waals surface area contributed by atoms with Crippen LogP contribution in [0.15, 0.2) is 60.7 Å². The number of hydrogen-bond acceptors (Lipinski definition) is 9. The van der Waals surface area contributed by atoms with E-state index < -0.39 is 11.9 Å². The summed E-state index contributed by atoms with van der Waals surface area (Å²) in [6.45, 7) is 4.93. The number of benzene rings is 3. The number of aryl methyl sites for hydroxylation is 1. The Morgan fingerprint density at radius 3 is 2.49 bits per heavy atom. The number of ether oxygens (including phenoxy) is 1. The van der Waals surface area contributed by atoms with Gasteiger partial charge in [0.15, 0.2) is 0 Å². The fourth-order valence-corrected chi connectivity index (χ4v) is 6.61. The van der Waals surface area contributed by atoms with Crippen LogP contribution in [0.4, 0.5) is 5.69 Å². The number of imide groups is 1. The van der Waals surface area contributed by atoms with E-state index in [1.54, 1.807) is 19.2 Å². The Kier molecular flexibility index (Phi) is 10.2. The number of anilines is 1. The molecule has 3 aromatic rings. The number of carbonyl (C=O) groups excluding carboxylic acids is 4. The minimum atomic E-state index is -0.665. The van der Waals surface area contributed by atoms with Gasteiger partial charge in [-0.15, -0.1) is 0 Å². The number of rotatable bonds is 11. The molecule has 0 aliphatic carbocycles. The second-order valence-corrected chi connectivity index (χ2v) is 12.6. The van der Waals surface area contributed by atoms with Crippen LogP contribution in [0, 0.1) is 11.3 Å². The summed E-state index contributed by atoms with van der Waals surface area (Å²) in [4.78, 5) is 60.6. The molecule has 3 aromatic carbocycles. The molecule has 0 saturated carbocycles. The summed E-state index contributed by atoms with van der Waals surface area (Å²) in [6, 6.07) is 21.2. The molecule has 3 heterocycles. The molecule has 0 aromatic heterocycles. The molecule has 4 amide bonds. The predicted octanol–water partition coefficient (Wildman–Crippen LogP) is 3.17. The van der Waals surface area contributed by atoms with Gasteiger partial charge in [0.25, 0.3) is 5.91 Å². The Labute approximate surface area is 285 Å². The molecule has 3 aliphatic heterocycles. The van der Waals surface area contributed by atoms with E-state index in [0.29, 0.717) is 36.3 Å². The van der Waals surface area contributed by atoms with Crippen molar-refractivity contribution in [2.75, 3.05) is 45.2 Å². The Morgan fingerprint density at radius 2 is 1.78 bits per heavy atom. The van der Waals surface area contributed by atoms with Gasteiger partial charge in [-0.3, -0.25) is 34.2 Å². The smallest absolute Gasteiger partial charge is 0.255 e. The van der Waals surface area contributed by atoms with Gasteiger partial charge in [-0.2, -0.15) is 5.26 Å². The molecule has 254 valence electrons. The van der Waals surface area contributed by atoms with Crippen LogP contribution in [-0.2, 0) is 45.3 Å². The fourth-order valence-electron chi connectivity index (χ4n) is 6.61. The Hall–Kier alpha value is -5.25. The van der Waals surface area contributed by atoms with Crippen molar-refractivity contribution in [2.24, 2.45) is 0 Å². The molecular weight excluding hydrogens is 624 g/mol. The molecule has 12 nitrogen and oxygen atoms in total. The number of piperidine rings is 1. The summed E-state index contributed by atoms with van der Waals surface area (Å²) in [6.07, 6.45) is 1.27. The van der Waals surface area contributed by atoms with E-state index in [-0.39, 0.29) is 37.1 Å². The summed E-state index contributed by atoms with van der Waals surface area (Å²) in [5, 5.41) is 13.1. The molecule has 0 radical (unpaired) electrons. The van der Waals surface area contributed by atoms with Crippen molar-refractivity contribution < 1.29 is 28.8 Å². The zero-order chi connectivity index (χ0) is 34.5. The van der Waals surface area contributed by atoms with Gasteiger partial charge < -0.3 is 14.5 Å². The van der Waals surface area contributed by atoms with Crippen molar-refractivity contribution in [3.63, 3.8) is 0 Å². The maximum atomic E-state index is 13.1. The third-order valence-corrected chi connectivity index (χ3v) is 9.54. The summed E-state index contributed by atoms with van der Waals surface area (Å²) in [5.74, 6) is -0.481. The Balaban J connectivity index is 0.997. The summed E-state index contributed by atoms with van der Waals surface area (Å²) in [7, 11) is 3.03. The van der Waals surface area contributed by atoms with Crippen LogP contribution in [0.2, 0.25) is 0 Å². The molecule has 1 atom stereocenters. The first-order valence-electron chi connectivity index (χ1n) is 16.5. The zero-order valence-corrected chi connectivity index (χ0v) is 27.8. The van der Waals surface area contributed by atoms with Crippen LogP contribution in [0.1, 0.15) is 57.4 Å². The van der Waals surface area contributed by atoms with E-state index in [0.717, 1.165) is 55.1 Å². The van der Waals surface area contributed by atoms with Crippen molar-refractivity contribution in [3.8, 4) is 11.8 Å². The number of carbonyl (C=O) groups is 4. The van der Waals surface area contributed by atoms with Crippen molar-refractivity contribution in [1.29, 1.82) is 5.26 Å². The van der Waals surface area contributed by atoms with E-state index in [1.807, 2.05) is 24.3 Å². The monoisotopic (exact) mass is 664 g/mol. The first-order chi connectivity index (χ1) is 23.7. The van der Waals surface area contributed by atoms with Crippen LogP contribution < -0.4 is 15.0 Å². The Bertz CT molecular complexity index is 1780. The SMILES string of the molecule is CON(C)C(=O)CCc1cc(N2CCN(Cc3ccc(COc4cccc5c4CN(C4CCC(=O)NC4=O)C5=O)cc3)CC2)ccc1C#N. The first-order valence-corrected chi connectivity index (χ1v) is 16.5. The van der Waals surface area contributed by atoms with Gasteiger partial charge in [0.2, 0.25) is 17.7 Å². The largest absolute Gasteiger partial charge is 0.489 e. The summed E-state index contributed by atoms with van der Waals surface area (Å²) < 4.78 is 6.18.